The number of carbonyl (C=O) groups excluding carboxylic acids is 1. The molecule has 2 rings (SSSR count). The first kappa shape index (κ1) is 9.34. The summed E-state index contributed by atoms with van der Waals surface area (Å²) in [7, 11) is 0. The molecule has 0 atom stereocenters. The van der Waals surface area contributed by atoms with E-state index in [1.165, 1.54) is 18.4 Å². The van der Waals surface area contributed by atoms with Crippen LogP contribution in [0.5, 0.6) is 0 Å². The first-order valence-corrected chi connectivity index (χ1v) is 5.02. The van der Waals surface area contributed by atoms with Gasteiger partial charge in [0, 0.05) is 6.20 Å². The quantitative estimate of drug-likeness (QED) is 0.716. The molecule has 1 aliphatic heterocycles. The van der Waals surface area contributed by atoms with Crippen molar-refractivity contribution in [1.82, 2.24) is 10.3 Å². The van der Waals surface area contributed by atoms with E-state index in [-0.39, 0.29) is 0 Å². The van der Waals surface area contributed by atoms with Gasteiger partial charge in [0.25, 0.3) is 0 Å². The second-order valence-electron chi connectivity index (χ2n) is 3.66. The summed E-state index contributed by atoms with van der Waals surface area (Å²) in [6.07, 6.45) is 4.95. The third kappa shape index (κ3) is 1.99. The van der Waals surface area contributed by atoms with Crippen LogP contribution in [0.3, 0.4) is 0 Å². The van der Waals surface area contributed by atoms with Crippen LogP contribution >= 0.6 is 0 Å². The standard InChI is InChI=1S/C11H14N2O/c14-8-11-2-1-10(7-13-11)9-3-5-12-6-4-9/h1-2,7-9,12H,3-6H2. The van der Waals surface area contributed by atoms with Crippen molar-refractivity contribution in [2.75, 3.05) is 13.1 Å². The lowest BCUT2D eigenvalue weighted by Gasteiger charge is -2.22. The molecule has 2 heterocycles. The van der Waals surface area contributed by atoms with Crippen LogP contribution in [-0.2, 0) is 0 Å². The van der Waals surface area contributed by atoms with E-state index in [1.54, 1.807) is 6.07 Å². The summed E-state index contributed by atoms with van der Waals surface area (Å²) in [5, 5.41) is 3.33. The summed E-state index contributed by atoms with van der Waals surface area (Å²) in [6.45, 7) is 2.17. The number of pyridine rings is 1. The Morgan fingerprint density at radius 1 is 1.36 bits per heavy atom. The minimum atomic E-state index is 0.516. The lowest BCUT2D eigenvalue weighted by molar-refractivity contribution is 0.111. The number of piperidine rings is 1. The summed E-state index contributed by atoms with van der Waals surface area (Å²) in [5.41, 5.74) is 1.78. The van der Waals surface area contributed by atoms with Crippen molar-refractivity contribution >= 4 is 6.29 Å². The van der Waals surface area contributed by atoms with Crippen molar-refractivity contribution in [1.29, 1.82) is 0 Å². The molecule has 1 fully saturated rings. The van der Waals surface area contributed by atoms with Crippen molar-refractivity contribution in [3.63, 3.8) is 0 Å². The van der Waals surface area contributed by atoms with E-state index in [4.69, 9.17) is 0 Å². The largest absolute Gasteiger partial charge is 0.317 e. The van der Waals surface area contributed by atoms with E-state index in [9.17, 15) is 4.79 Å². The molecule has 1 aromatic heterocycles. The smallest absolute Gasteiger partial charge is 0.168 e. The van der Waals surface area contributed by atoms with Crippen molar-refractivity contribution in [2.45, 2.75) is 18.8 Å². The van der Waals surface area contributed by atoms with Crippen molar-refractivity contribution < 1.29 is 4.79 Å². The molecule has 3 nitrogen and oxygen atoms in total. The van der Waals surface area contributed by atoms with Crippen LogP contribution in [0.25, 0.3) is 0 Å². The average Bonchev–Trinajstić information content (AvgIpc) is 2.30. The number of hydrogen-bond donors (Lipinski definition) is 1. The van der Waals surface area contributed by atoms with Crippen LogP contribution < -0.4 is 5.32 Å². The molecule has 0 spiro atoms. The molecular formula is C11H14N2O. The van der Waals surface area contributed by atoms with Crippen LogP contribution in [-0.4, -0.2) is 24.4 Å². The fourth-order valence-electron chi connectivity index (χ4n) is 1.88. The topological polar surface area (TPSA) is 42.0 Å². The van der Waals surface area contributed by atoms with Gasteiger partial charge in [-0.25, -0.2) is 0 Å². The molecule has 1 N–H and O–H groups in total. The molecule has 1 saturated heterocycles. The third-order valence-electron chi connectivity index (χ3n) is 2.74. The molecule has 3 heteroatoms. The van der Waals surface area contributed by atoms with Crippen LogP contribution in [0.2, 0.25) is 0 Å². The van der Waals surface area contributed by atoms with E-state index in [1.807, 2.05) is 12.3 Å². The number of carbonyl (C=O) groups is 1. The summed E-state index contributed by atoms with van der Waals surface area (Å²) >= 11 is 0. The second-order valence-corrected chi connectivity index (χ2v) is 3.66. The van der Waals surface area contributed by atoms with Crippen molar-refractivity contribution in [3.8, 4) is 0 Å². The predicted octanol–water partition coefficient (Wildman–Crippen LogP) is 1.36. The van der Waals surface area contributed by atoms with E-state index in [0.29, 0.717) is 11.6 Å². The lowest BCUT2D eigenvalue weighted by Crippen LogP contribution is -2.26. The molecular weight excluding hydrogens is 176 g/mol. The number of aldehydes is 1. The van der Waals surface area contributed by atoms with Gasteiger partial charge < -0.3 is 5.32 Å². The van der Waals surface area contributed by atoms with Gasteiger partial charge >= 0.3 is 0 Å². The molecule has 1 aromatic rings. The van der Waals surface area contributed by atoms with E-state index >= 15 is 0 Å². The van der Waals surface area contributed by atoms with Gasteiger partial charge in [0.15, 0.2) is 6.29 Å². The number of hydrogen-bond acceptors (Lipinski definition) is 3. The Labute approximate surface area is 83.5 Å². The highest BCUT2D eigenvalue weighted by Gasteiger charge is 2.14. The number of aromatic nitrogens is 1. The monoisotopic (exact) mass is 190 g/mol. The number of nitrogens with zero attached hydrogens (tertiary/aromatic N) is 1. The van der Waals surface area contributed by atoms with E-state index in [2.05, 4.69) is 10.3 Å². The Morgan fingerprint density at radius 3 is 2.71 bits per heavy atom. The summed E-state index contributed by atoms with van der Waals surface area (Å²) < 4.78 is 0. The Balaban J connectivity index is 2.11. The number of nitrogens with one attached hydrogen (secondary N) is 1. The van der Waals surface area contributed by atoms with E-state index < -0.39 is 0 Å². The Bertz CT molecular complexity index is 302. The molecule has 74 valence electrons. The van der Waals surface area contributed by atoms with Gasteiger partial charge in [-0.15, -0.1) is 0 Å². The molecule has 0 radical (unpaired) electrons. The predicted molar refractivity (Wildman–Crippen MR) is 54.5 cm³/mol. The zero-order valence-electron chi connectivity index (χ0n) is 8.07. The Morgan fingerprint density at radius 2 is 2.14 bits per heavy atom. The Hall–Kier alpha value is -1.22. The fraction of sp³-hybridized carbons (Fsp3) is 0.455. The van der Waals surface area contributed by atoms with Gasteiger partial charge in [-0.2, -0.15) is 0 Å². The van der Waals surface area contributed by atoms with Crippen molar-refractivity contribution in [3.05, 3.63) is 29.6 Å². The molecule has 1 aliphatic rings. The molecule has 14 heavy (non-hydrogen) atoms. The maximum absolute atomic E-state index is 10.4. The minimum absolute atomic E-state index is 0.516. The lowest BCUT2D eigenvalue weighted by atomic mass is 9.91. The highest BCUT2D eigenvalue weighted by molar-refractivity contribution is 5.71. The Kier molecular flexibility index (Phi) is 2.89. The second kappa shape index (κ2) is 4.33. The summed E-state index contributed by atoms with van der Waals surface area (Å²) in [4.78, 5) is 14.5. The zero-order valence-corrected chi connectivity index (χ0v) is 8.07. The third-order valence-corrected chi connectivity index (χ3v) is 2.74. The average molecular weight is 190 g/mol. The zero-order chi connectivity index (χ0) is 9.80. The maximum atomic E-state index is 10.4. The van der Waals surface area contributed by atoms with Gasteiger partial charge in [0.1, 0.15) is 5.69 Å². The van der Waals surface area contributed by atoms with Crippen LogP contribution in [0.1, 0.15) is 34.8 Å². The minimum Gasteiger partial charge on any atom is -0.317 e. The van der Waals surface area contributed by atoms with Gasteiger partial charge in [-0.3, -0.25) is 9.78 Å². The van der Waals surface area contributed by atoms with Crippen LogP contribution in [0, 0.1) is 0 Å². The summed E-state index contributed by atoms with van der Waals surface area (Å²) in [5.74, 6) is 0.615. The van der Waals surface area contributed by atoms with Crippen molar-refractivity contribution in [2.24, 2.45) is 0 Å². The van der Waals surface area contributed by atoms with Gasteiger partial charge in [-0.1, -0.05) is 6.07 Å². The molecule has 0 unspecified atom stereocenters. The highest BCUT2D eigenvalue weighted by atomic mass is 16.1. The van der Waals surface area contributed by atoms with Crippen LogP contribution in [0.4, 0.5) is 0 Å². The first-order valence-electron chi connectivity index (χ1n) is 5.02. The maximum Gasteiger partial charge on any atom is 0.168 e. The molecule has 0 saturated carbocycles. The molecule has 0 aliphatic carbocycles. The number of rotatable bonds is 2. The molecule has 0 amide bonds. The molecule has 0 aromatic carbocycles. The molecule has 0 bridgehead atoms. The first-order chi connectivity index (χ1) is 6.90. The van der Waals surface area contributed by atoms with Crippen LogP contribution in [0.15, 0.2) is 18.3 Å². The highest BCUT2D eigenvalue weighted by Crippen LogP contribution is 2.24. The fourth-order valence-corrected chi connectivity index (χ4v) is 1.88. The summed E-state index contributed by atoms with van der Waals surface area (Å²) in [6, 6.07) is 3.82. The van der Waals surface area contributed by atoms with Gasteiger partial charge in [0.05, 0.1) is 0 Å². The van der Waals surface area contributed by atoms with Gasteiger partial charge in [0.2, 0.25) is 0 Å². The van der Waals surface area contributed by atoms with Gasteiger partial charge in [-0.05, 0) is 43.5 Å². The van der Waals surface area contributed by atoms with E-state index in [0.717, 1.165) is 19.4 Å². The SMILES string of the molecule is O=Cc1ccc(C2CCNCC2)cn1. The normalized spacial score (nSPS) is 18.0.